The number of rotatable bonds is 8. The van der Waals surface area contributed by atoms with Gasteiger partial charge in [-0.3, -0.25) is 0 Å². The van der Waals surface area contributed by atoms with E-state index < -0.39 is 0 Å². The molecule has 0 radical (unpaired) electrons. The summed E-state index contributed by atoms with van der Waals surface area (Å²) in [7, 11) is 0. The molecule has 1 N–H and O–H groups in total. The first-order valence-electron chi connectivity index (χ1n) is 7.76. The highest BCUT2D eigenvalue weighted by atomic mass is 32.1. The summed E-state index contributed by atoms with van der Waals surface area (Å²) in [5.74, 6) is 0.686. The van der Waals surface area contributed by atoms with E-state index in [9.17, 15) is 0 Å². The van der Waals surface area contributed by atoms with E-state index in [-0.39, 0.29) is 0 Å². The molecule has 0 unspecified atom stereocenters. The molecule has 2 nitrogen and oxygen atoms in total. The van der Waals surface area contributed by atoms with E-state index in [1.165, 1.54) is 16.1 Å². The molecule has 0 saturated carbocycles. The Morgan fingerprint density at radius 3 is 2.62 bits per heavy atom. The fourth-order valence-corrected chi connectivity index (χ4v) is 3.14. The molecule has 0 aliphatic rings. The van der Waals surface area contributed by atoms with Crippen molar-refractivity contribution in [1.82, 2.24) is 5.32 Å². The number of thiophene rings is 1. The second-order valence-electron chi connectivity index (χ2n) is 5.75. The van der Waals surface area contributed by atoms with Crippen LogP contribution in [0.5, 0.6) is 0 Å². The van der Waals surface area contributed by atoms with Crippen molar-refractivity contribution in [3.05, 3.63) is 52.2 Å². The van der Waals surface area contributed by atoms with Crippen LogP contribution in [-0.4, -0.2) is 13.1 Å². The maximum absolute atomic E-state index is 3.56. The molecule has 2 rings (SSSR count). The second kappa shape index (κ2) is 8.20. The number of hydrogen-bond acceptors (Lipinski definition) is 3. The Bertz CT molecular complexity index is 520. The number of hydrogen-bond donors (Lipinski definition) is 1. The normalized spacial score (nSPS) is 11.0. The smallest absolute Gasteiger partial charge is 0.0522 e. The predicted molar refractivity (Wildman–Crippen MR) is 94.0 cm³/mol. The Kier molecular flexibility index (Phi) is 6.27. The third kappa shape index (κ3) is 4.87. The van der Waals surface area contributed by atoms with Gasteiger partial charge in [-0.25, -0.2) is 0 Å². The van der Waals surface area contributed by atoms with Crippen LogP contribution in [0.2, 0.25) is 0 Å². The van der Waals surface area contributed by atoms with Crippen molar-refractivity contribution in [1.29, 1.82) is 0 Å². The standard InChI is InChI=1S/C18H26N2S/c1-4-20(14-17-9-7-11-21-17)18-10-6-5-8-16(18)13-19-12-15(2)3/h5-11,15,19H,4,12-14H2,1-3H3. The van der Waals surface area contributed by atoms with Gasteiger partial charge in [0.25, 0.3) is 0 Å². The Morgan fingerprint density at radius 1 is 1.14 bits per heavy atom. The Labute approximate surface area is 132 Å². The van der Waals surface area contributed by atoms with Crippen LogP contribution in [0.4, 0.5) is 5.69 Å². The van der Waals surface area contributed by atoms with Gasteiger partial charge in [0.1, 0.15) is 0 Å². The summed E-state index contributed by atoms with van der Waals surface area (Å²) in [5.41, 5.74) is 2.74. The van der Waals surface area contributed by atoms with Crippen molar-refractivity contribution in [3.8, 4) is 0 Å². The van der Waals surface area contributed by atoms with E-state index in [1.807, 2.05) is 11.3 Å². The SMILES string of the molecule is CCN(Cc1cccs1)c1ccccc1CNCC(C)C. The van der Waals surface area contributed by atoms with Crippen molar-refractivity contribution in [3.63, 3.8) is 0 Å². The summed E-state index contributed by atoms with van der Waals surface area (Å²) < 4.78 is 0. The van der Waals surface area contributed by atoms with Gasteiger partial charge in [-0.15, -0.1) is 11.3 Å². The molecule has 0 saturated heterocycles. The minimum Gasteiger partial charge on any atom is -0.366 e. The zero-order valence-corrected chi connectivity index (χ0v) is 14.1. The molecule has 0 atom stereocenters. The maximum atomic E-state index is 3.56. The van der Waals surface area contributed by atoms with Crippen LogP contribution < -0.4 is 10.2 Å². The zero-order chi connectivity index (χ0) is 15.1. The highest BCUT2D eigenvalue weighted by molar-refractivity contribution is 7.09. The molecule has 21 heavy (non-hydrogen) atoms. The molecule has 0 amide bonds. The monoisotopic (exact) mass is 302 g/mol. The highest BCUT2D eigenvalue weighted by Crippen LogP contribution is 2.23. The first-order chi connectivity index (χ1) is 10.2. The largest absolute Gasteiger partial charge is 0.366 e. The lowest BCUT2D eigenvalue weighted by molar-refractivity contribution is 0.552. The fraction of sp³-hybridized carbons (Fsp3) is 0.444. The quantitative estimate of drug-likeness (QED) is 0.771. The predicted octanol–water partition coefficient (Wildman–Crippen LogP) is 4.52. The molecule has 114 valence electrons. The van der Waals surface area contributed by atoms with Gasteiger partial charge >= 0.3 is 0 Å². The molecule has 1 aromatic heterocycles. The van der Waals surface area contributed by atoms with Crippen molar-refractivity contribution < 1.29 is 0 Å². The van der Waals surface area contributed by atoms with E-state index in [4.69, 9.17) is 0 Å². The minimum atomic E-state index is 0.686. The van der Waals surface area contributed by atoms with Gasteiger partial charge in [0.05, 0.1) is 6.54 Å². The molecular weight excluding hydrogens is 276 g/mol. The maximum Gasteiger partial charge on any atom is 0.0522 e. The lowest BCUT2D eigenvalue weighted by Gasteiger charge is -2.25. The van der Waals surface area contributed by atoms with Gasteiger partial charge in [0.15, 0.2) is 0 Å². The Balaban J connectivity index is 2.09. The van der Waals surface area contributed by atoms with E-state index in [0.717, 1.165) is 26.2 Å². The number of nitrogens with zero attached hydrogens (tertiary/aromatic N) is 1. The average molecular weight is 302 g/mol. The topological polar surface area (TPSA) is 15.3 Å². The molecule has 0 aliphatic carbocycles. The van der Waals surface area contributed by atoms with Crippen LogP contribution in [0, 0.1) is 5.92 Å². The van der Waals surface area contributed by atoms with Crippen LogP contribution in [0.25, 0.3) is 0 Å². The molecular formula is C18H26N2S. The minimum absolute atomic E-state index is 0.686. The first kappa shape index (κ1) is 16.1. The number of para-hydroxylation sites is 1. The van der Waals surface area contributed by atoms with Crippen molar-refractivity contribution in [2.75, 3.05) is 18.0 Å². The van der Waals surface area contributed by atoms with Gasteiger partial charge in [-0.1, -0.05) is 38.1 Å². The van der Waals surface area contributed by atoms with E-state index in [1.54, 1.807) is 0 Å². The zero-order valence-electron chi connectivity index (χ0n) is 13.3. The van der Waals surface area contributed by atoms with Gasteiger partial charge in [0, 0.05) is 23.7 Å². The van der Waals surface area contributed by atoms with Crippen LogP contribution in [0.15, 0.2) is 41.8 Å². The van der Waals surface area contributed by atoms with Gasteiger partial charge < -0.3 is 10.2 Å². The Hall–Kier alpha value is -1.32. The number of nitrogens with one attached hydrogen (secondary N) is 1. The van der Waals surface area contributed by atoms with E-state index in [2.05, 4.69) is 72.8 Å². The molecule has 0 aliphatic heterocycles. The van der Waals surface area contributed by atoms with Crippen LogP contribution in [0.3, 0.4) is 0 Å². The first-order valence-corrected chi connectivity index (χ1v) is 8.64. The second-order valence-corrected chi connectivity index (χ2v) is 6.78. The van der Waals surface area contributed by atoms with Crippen LogP contribution in [0.1, 0.15) is 31.2 Å². The van der Waals surface area contributed by atoms with Gasteiger partial charge in [0.2, 0.25) is 0 Å². The summed E-state index contributed by atoms with van der Waals surface area (Å²) >= 11 is 1.83. The third-order valence-electron chi connectivity index (χ3n) is 3.51. The molecule has 0 fully saturated rings. The number of anilines is 1. The van der Waals surface area contributed by atoms with E-state index >= 15 is 0 Å². The highest BCUT2D eigenvalue weighted by Gasteiger charge is 2.10. The van der Waals surface area contributed by atoms with Gasteiger partial charge in [-0.2, -0.15) is 0 Å². The van der Waals surface area contributed by atoms with Crippen molar-refractivity contribution in [2.24, 2.45) is 5.92 Å². The lowest BCUT2D eigenvalue weighted by Crippen LogP contribution is -2.25. The molecule has 3 heteroatoms. The fourth-order valence-electron chi connectivity index (χ4n) is 2.42. The van der Waals surface area contributed by atoms with Crippen molar-refractivity contribution >= 4 is 17.0 Å². The van der Waals surface area contributed by atoms with E-state index in [0.29, 0.717) is 5.92 Å². The molecule has 0 bridgehead atoms. The summed E-state index contributed by atoms with van der Waals surface area (Å²) in [5, 5.41) is 5.71. The van der Waals surface area contributed by atoms with Crippen LogP contribution >= 0.6 is 11.3 Å². The summed E-state index contributed by atoms with van der Waals surface area (Å²) in [6.45, 7) is 10.7. The molecule has 1 heterocycles. The Morgan fingerprint density at radius 2 is 1.95 bits per heavy atom. The molecule has 0 spiro atoms. The van der Waals surface area contributed by atoms with Crippen LogP contribution in [-0.2, 0) is 13.1 Å². The van der Waals surface area contributed by atoms with Crippen molar-refractivity contribution in [2.45, 2.75) is 33.9 Å². The lowest BCUT2D eigenvalue weighted by atomic mass is 10.1. The van der Waals surface area contributed by atoms with Gasteiger partial charge in [-0.05, 0) is 42.5 Å². The summed E-state index contributed by atoms with van der Waals surface area (Å²) in [6, 6.07) is 13.1. The average Bonchev–Trinajstić information content (AvgIpc) is 2.98. The third-order valence-corrected chi connectivity index (χ3v) is 4.37. The molecule has 1 aromatic carbocycles. The summed E-state index contributed by atoms with van der Waals surface area (Å²) in [4.78, 5) is 3.87. The molecule has 2 aromatic rings. The number of benzene rings is 1. The summed E-state index contributed by atoms with van der Waals surface area (Å²) in [6.07, 6.45) is 0.